The minimum Gasteiger partial charge on any atom is -0.419 e. The predicted octanol–water partition coefficient (Wildman–Crippen LogP) is 2.35. The summed E-state index contributed by atoms with van der Waals surface area (Å²) in [6.07, 6.45) is 1.28. The van der Waals surface area contributed by atoms with E-state index >= 15 is 0 Å². The molecule has 1 aromatic carbocycles. The molecular weight excluding hydrogens is 251 g/mol. The minimum absolute atomic E-state index is 0.243. The van der Waals surface area contributed by atoms with Crippen molar-refractivity contribution >= 4 is 18.0 Å². The van der Waals surface area contributed by atoms with Gasteiger partial charge in [0.2, 0.25) is 0 Å². The molecule has 0 bridgehead atoms. The molecule has 5 heteroatoms. The second-order valence-corrected chi connectivity index (χ2v) is 4.74. The summed E-state index contributed by atoms with van der Waals surface area (Å²) in [7, 11) is 0. The first-order valence-corrected chi connectivity index (χ1v) is 5.73. The molecule has 0 saturated carbocycles. The van der Waals surface area contributed by atoms with Gasteiger partial charge in [-0.05, 0) is 36.3 Å². The Labute approximate surface area is 109 Å². The fraction of sp³-hybridized carbons (Fsp3) is 0.286. The average molecular weight is 264 g/mol. The van der Waals surface area contributed by atoms with E-state index in [0.717, 1.165) is 5.56 Å². The first kappa shape index (κ1) is 13.3. The van der Waals surface area contributed by atoms with Crippen LogP contribution in [0.15, 0.2) is 23.8 Å². The molecule has 0 N–H and O–H groups in total. The summed E-state index contributed by atoms with van der Waals surface area (Å²) in [6, 6.07) is 4.10. The van der Waals surface area contributed by atoms with Crippen molar-refractivity contribution in [3.05, 3.63) is 40.7 Å². The number of benzene rings is 1. The molecular formula is C14H13FO4. The van der Waals surface area contributed by atoms with Crippen LogP contribution in [-0.2, 0) is 19.1 Å². The van der Waals surface area contributed by atoms with Gasteiger partial charge < -0.3 is 9.47 Å². The van der Waals surface area contributed by atoms with Crippen molar-refractivity contribution in [2.45, 2.75) is 26.6 Å². The summed E-state index contributed by atoms with van der Waals surface area (Å²) in [5.41, 5.74) is 0.927. The lowest BCUT2D eigenvalue weighted by Gasteiger charge is -2.29. The standard InChI is InChI=1S/C14H13FO4/c1-8-4-5-10(15)6-9(8)7-11-12(16)18-14(2,3)19-13(11)17/h4-7H,1-3H3. The summed E-state index contributed by atoms with van der Waals surface area (Å²) in [6.45, 7) is 4.68. The fourth-order valence-corrected chi connectivity index (χ4v) is 1.70. The molecule has 1 saturated heterocycles. The molecule has 2 rings (SSSR count). The zero-order chi connectivity index (χ0) is 14.2. The van der Waals surface area contributed by atoms with E-state index in [2.05, 4.69) is 0 Å². The number of carbonyl (C=O) groups is 2. The molecule has 1 heterocycles. The largest absolute Gasteiger partial charge is 0.419 e. The van der Waals surface area contributed by atoms with E-state index in [4.69, 9.17) is 9.47 Å². The lowest BCUT2D eigenvalue weighted by molar-refractivity contribution is -0.222. The Hall–Kier alpha value is -2.17. The molecule has 0 aromatic heterocycles. The lowest BCUT2D eigenvalue weighted by atomic mass is 10.0. The Balaban J connectivity index is 2.41. The van der Waals surface area contributed by atoms with Crippen LogP contribution in [0.4, 0.5) is 4.39 Å². The number of rotatable bonds is 1. The molecule has 0 radical (unpaired) electrons. The highest BCUT2D eigenvalue weighted by atomic mass is 19.1. The van der Waals surface area contributed by atoms with Crippen LogP contribution in [0, 0.1) is 12.7 Å². The van der Waals surface area contributed by atoms with Gasteiger partial charge >= 0.3 is 11.9 Å². The minimum atomic E-state index is -1.28. The average Bonchev–Trinajstić information content (AvgIpc) is 2.26. The molecule has 19 heavy (non-hydrogen) atoms. The maximum Gasteiger partial charge on any atom is 0.348 e. The van der Waals surface area contributed by atoms with Crippen molar-refractivity contribution in [2.75, 3.05) is 0 Å². The van der Waals surface area contributed by atoms with Gasteiger partial charge in [0.15, 0.2) is 0 Å². The van der Waals surface area contributed by atoms with Crippen LogP contribution >= 0.6 is 0 Å². The van der Waals surface area contributed by atoms with Gasteiger partial charge in [-0.15, -0.1) is 0 Å². The Kier molecular flexibility index (Phi) is 3.14. The van der Waals surface area contributed by atoms with Crippen LogP contribution in [0.3, 0.4) is 0 Å². The van der Waals surface area contributed by atoms with Crippen molar-refractivity contribution < 1.29 is 23.5 Å². The molecule has 0 unspecified atom stereocenters. The second-order valence-electron chi connectivity index (χ2n) is 4.74. The summed E-state index contributed by atoms with van der Waals surface area (Å²) < 4.78 is 23.1. The molecule has 1 fully saturated rings. The highest BCUT2D eigenvalue weighted by Gasteiger charge is 2.38. The van der Waals surface area contributed by atoms with Crippen LogP contribution in [0.2, 0.25) is 0 Å². The van der Waals surface area contributed by atoms with Crippen LogP contribution in [-0.4, -0.2) is 17.7 Å². The Bertz CT molecular complexity index is 565. The summed E-state index contributed by atoms with van der Waals surface area (Å²) in [5, 5.41) is 0. The molecule has 4 nitrogen and oxygen atoms in total. The topological polar surface area (TPSA) is 52.6 Å². The van der Waals surface area contributed by atoms with E-state index < -0.39 is 23.5 Å². The van der Waals surface area contributed by atoms with Gasteiger partial charge in [-0.25, -0.2) is 14.0 Å². The van der Waals surface area contributed by atoms with Gasteiger partial charge in [-0.2, -0.15) is 0 Å². The smallest absolute Gasteiger partial charge is 0.348 e. The number of ether oxygens (including phenoxy) is 2. The second kappa shape index (κ2) is 4.50. The number of aryl methyl sites for hydroxylation is 1. The van der Waals surface area contributed by atoms with E-state index in [1.54, 1.807) is 13.0 Å². The third-order valence-corrected chi connectivity index (χ3v) is 2.66. The zero-order valence-corrected chi connectivity index (χ0v) is 10.8. The quantitative estimate of drug-likeness (QED) is 0.444. The maximum absolute atomic E-state index is 13.2. The lowest BCUT2D eigenvalue weighted by Crippen LogP contribution is -2.41. The number of halogens is 1. The van der Waals surface area contributed by atoms with Crippen molar-refractivity contribution in [3.8, 4) is 0 Å². The first-order chi connectivity index (χ1) is 8.78. The molecule has 1 aliphatic rings. The number of hydrogen-bond acceptors (Lipinski definition) is 4. The Morgan fingerprint density at radius 2 is 1.74 bits per heavy atom. The normalized spacial score (nSPS) is 17.8. The Morgan fingerprint density at radius 3 is 2.32 bits per heavy atom. The van der Waals surface area contributed by atoms with Gasteiger partial charge in [0.05, 0.1) is 0 Å². The SMILES string of the molecule is Cc1ccc(F)cc1C=C1C(=O)OC(C)(C)OC1=O. The third-order valence-electron chi connectivity index (χ3n) is 2.66. The van der Waals surface area contributed by atoms with Crippen LogP contribution in [0.25, 0.3) is 6.08 Å². The summed E-state index contributed by atoms with van der Waals surface area (Å²) >= 11 is 0. The van der Waals surface area contributed by atoms with Crippen molar-refractivity contribution in [2.24, 2.45) is 0 Å². The maximum atomic E-state index is 13.2. The van der Waals surface area contributed by atoms with E-state index in [1.807, 2.05) is 0 Å². The summed E-state index contributed by atoms with van der Waals surface area (Å²) in [5.74, 6) is -3.27. The van der Waals surface area contributed by atoms with E-state index in [0.29, 0.717) is 5.56 Å². The highest BCUT2D eigenvalue weighted by molar-refractivity contribution is 6.18. The van der Waals surface area contributed by atoms with Gasteiger partial charge in [-0.1, -0.05) is 6.07 Å². The molecule has 0 aliphatic carbocycles. The third kappa shape index (κ3) is 2.81. The van der Waals surface area contributed by atoms with E-state index in [1.165, 1.54) is 32.1 Å². The zero-order valence-electron chi connectivity index (χ0n) is 10.8. The van der Waals surface area contributed by atoms with Gasteiger partial charge in [0.1, 0.15) is 11.4 Å². The molecule has 100 valence electrons. The van der Waals surface area contributed by atoms with E-state index in [-0.39, 0.29) is 5.57 Å². The van der Waals surface area contributed by atoms with Crippen LogP contribution < -0.4 is 0 Å². The number of hydrogen-bond donors (Lipinski definition) is 0. The molecule has 0 amide bonds. The molecule has 0 spiro atoms. The molecule has 1 aromatic rings. The number of carbonyl (C=O) groups excluding carboxylic acids is 2. The summed E-state index contributed by atoms with van der Waals surface area (Å²) in [4.78, 5) is 23.5. The monoisotopic (exact) mass is 264 g/mol. The van der Waals surface area contributed by atoms with Crippen molar-refractivity contribution in [3.63, 3.8) is 0 Å². The first-order valence-electron chi connectivity index (χ1n) is 5.73. The van der Waals surface area contributed by atoms with E-state index in [9.17, 15) is 14.0 Å². The van der Waals surface area contributed by atoms with Crippen molar-refractivity contribution in [1.29, 1.82) is 0 Å². The van der Waals surface area contributed by atoms with Crippen LogP contribution in [0.5, 0.6) is 0 Å². The predicted molar refractivity (Wildman–Crippen MR) is 65.4 cm³/mol. The van der Waals surface area contributed by atoms with Crippen LogP contribution in [0.1, 0.15) is 25.0 Å². The number of cyclic esters (lactones) is 2. The van der Waals surface area contributed by atoms with Crippen molar-refractivity contribution in [1.82, 2.24) is 0 Å². The Morgan fingerprint density at radius 1 is 1.16 bits per heavy atom. The fourth-order valence-electron chi connectivity index (χ4n) is 1.70. The molecule has 0 atom stereocenters. The number of esters is 2. The van der Waals surface area contributed by atoms with Gasteiger partial charge in [0.25, 0.3) is 5.79 Å². The highest BCUT2D eigenvalue weighted by Crippen LogP contribution is 2.25. The molecule has 1 aliphatic heterocycles. The van der Waals surface area contributed by atoms with Gasteiger partial charge in [-0.3, -0.25) is 0 Å². The van der Waals surface area contributed by atoms with Gasteiger partial charge in [0, 0.05) is 13.8 Å².